The first kappa shape index (κ1) is 17.4. The number of hydrogen-bond donors (Lipinski definition) is 2. The molecule has 1 aliphatic rings. The molecular formula is C19H20N4O4. The molecule has 8 nitrogen and oxygen atoms in total. The Balaban J connectivity index is 1.81. The van der Waals surface area contributed by atoms with Gasteiger partial charge in [0.2, 0.25) is 0 Å². The third-order valence-electron chi connectivity index (χ3n) is 4.55. The molecule has 2 aromatic heterocycles. The van der Waals surface area contributed by atoms with Gasteiger partial charge < -0.3 is 24.5 Å². The fourth-order valence-electron chi connectivity index (χ4n) is 3.19. The van der Waals surface area contributed by atoms with Crippen molar-refractivity contribution in [2.24, 2.45) is 0 Å². The number of anilines is 1. The Bertz CT molecular complexity index is 1030. The number of aromatic nitrogens is 3. The Morgan fingerprint density at radius 2 is 2.07 bits per heavy atom. The van der Waals surface area contributed by atoms with Gasteiger partial charge in [-0.15, -0.1) is 0 Å². The van der Waals surface area contributed by atoms with Crippen LogP contribution in [0.25, 0.3) is 22.4 Å². The molecule has 0 amide bonds. The van der Waals surface area contributed by atoms with Crippen molar-refractivity contribution in [2.75, 3.05) is 38.3 Å². The SMILES string of the molecule is COc1cc(CO)cc2nc(-c3cccc(N4CCOCC4)n3)[nH]c(=O)c12. The van der Waals surface area contributed by atoms with Crippen LogP contribution in [0.4, 0.5) is 5.82 Å². The number of methoxy groups -OCH3 is 1. The first-order valence-electron chi connectivity index (χ1n) is 8.71. The van der Waals surface area contributed by atoms with Crippen LogP contribution >= 0.6 is 0 Å². The van der Waals surface area contributed by atoms with Gasteiger partial charge in [-0.25, -0.2) is 9.97 Å². The minimum absolute atomic E-state index is 0.166. The summed E-state index contributed by atoms with van der Waals surface area (Å²) < 4.78 is 10.7. The highest BCUT2D eigenvalue weighted by molar-refractivity contribution is 5.86. The Kier molecular flexibility index (Phi) is 4.74. The molecule has 1 aromatic carbocycles. The van der Waals surface area contributed by atoms with Gasteiger partial charge in [0.05, 0.1) is 32.4 Å². The molecule has 0 unspecified atom stereocenters. The van der Waals surface area contributed by atoms with Gasteiger partial charge in [-0.3, -0.25) is 4.79 Å². The third-order valence-corrected chi connectivity index (χ3v) is 4.55. The number of pyridine rings is 1. The van der Waals surface area contributed by atoms with Crippen LogP contribution in [0.5, 0.6) is 5.75 Å². The molecule has 0 atom stereocenters. The summed E-state index contributed by atoms with van der Waals surface area (Å²) in [6, 6.07) is 8.95. The quantitative estimate of drug-likeness (QED) is 0.716. The molecular weight excluding hydrogens is 348 g/mol. The zero-order valence-electron chi connectivity index (χ0n) is 14.9. The van der Waals surface area contributed by atoms with E-state index in [1.807, 2.05) is 12.1 Å². The van der Waals surface area contributed by atoms with E-state index in [1.54, 1.807) is 18.2 Å². The molecule has 1 fully saturated rings. The standard InChI is InChI=1S/C19H20N4O4/c1-26-15-10-12(11-24)9-14-17(15)19(25)22-18(21-14)13-3-2-4-16(20-13)23-5-7-27-8-6-23/h2-4,9-10,24H,5-8,11H2,1H3,(H,21,22,25). The van der Waals surface area contributed by atoms with Gasteiger partial charge >= 0.3 is 0 Å². The van der Waals surface area contributed by atoms with Crippen molar-refractivity contribution < 1.29 is 14.6 Å². The van der Waals surface area contributed by atoms with Gasteiger partial charge in [0, 0.05) is 13.1 Å². The van der Waals surface area contributed by atoms with Gasteiger partial charge in [-0.2, -0.15) is 0 Å². The van der Waals surface area contributed by atoms with E-state index in [0.717, 1.165) is 18.9 Å². The van der Waals surface area contributed by atoms with Crippen molar-refractivity contribution in [3.63, 3.8) is 0 Å². The number of hydrogen-bond acceptors (Lipinski definition) is 7. The van der Waals surface area contributed by atoms with Gasteiger partial charge in [-0.1, -0.05) is 6.07 Å². The molecule has 1 aliphatic heterocycles. The predicted molar refractivity (Wildman–Crippen MR) is 101 cm³/mol. The number of H-pyrrole nitrogens is 1. The first-order valence-corrected chi connectivity index (χ1v) is 8.71. The highest BCUT2D eigenvalue weighted by Gasteiger charge is 2.16. The van der Waals surface area contributed by atoms with E-state index in [1.165, 1.54) is 7.11 Å². The van der Waals surface area contributed by atoms with Crippen molar-refractivity contribution in [1.29, 1.82) is 0 Å². The van der Waals surface area contributed by atoms with Gasteiger partial charge in [0.25, 0.3) is 5.56 Å². The molecule has 3 aromatic rings. The van der Waals surface area contributed by atoms with Crippen molar-refractivity contribution in [2.45, 2.75) is 6.61 Å². The lowest BCUT2D eigenvalue weighted by Gasteiger charge is -2.27. The predicted octanol–water partition coefficient (Wildman–Crippen LogP) is 1.32. The molecule has 8 heteroatoms. The molecule has 140 valence electrons. The van der Waals surface area contributed by atoms with Gasteiger partial charge in [-0.05, 0) is 29.8 Å². The molecule has 0 aliphatic carbocycles. The number of aliphatic hydroxyl groups excluding tert-OH is 1. The minimum Gasteiger partial charge on any atom is -0.496 e. The van der Waals surface area contributed by atoms with Gasteiger partial charge in [0.15, 0.2) is 5.82 Å². The number of aliphatic hydroxyl groups is 1. The summed E-state index contributed by atoms with van der Waals surface area (Å²) in [5.74, 6) is 1.58. The minimum atomic E-state index is -0.310. The molecule has 2 N–H and O–H groups in total. The number of aromatic amines is 1. The monoisotopic (exact) mass is 368 g/mol. The summed E-state index contributed by atoms with van der Waals surface area (Å²) in [5, 5.41) is 9.81. The zero-order chi connectivity index (χ0) is 18.8. The summed E-state index contributed by atoms with van der Waals surface area (Å²) in [6.07, 6.45) is 0. The number of rotatable bonds is 4. The molecule has 1 saturated heterocycles. The van der Waals surface area contributed by atoms with E-state index < -0.39 is 0 Å². The highest BCUT2D eigenvalue weighted by Crippen LogP contribution is 2.25. The maximum absolute atomic E-state index is 12.6. The van der Waals surface area contributed by atoms with Crippen molar-refractivity contribution in [3.8, 4) is 17.3 Å². The third kappa shape index (κ3) is 3.36. The van der Waals surface area contributed by atoms with Gasteiger partial charge in [0.1, 0.15) is 22.6 Å². The molecule has 3 heterocycles. The maximum atomic E-state index is 12.6. The molecule has 0 spiro atoms. The average molecular weight is 368 g/mol. The fourth-order valence-corrected chi connectivity index (χ4v) is 3.19. The lowest BCUT2D eigenvalue weighted by Crippen LogP contribution is -2.36. The fraction of sp³-hybridized carbons (Fsp3) is 0.316. The van der Waals surface area contributed by atoms with E-state index in [-0.39, 0.29) is 12.2 Å². The second-order valence-corrected chi connectivity index (χ2v) is 6.25. The summed E-state index contributed by atoms with van der Waals surface area (Å²) in [5.41, 5.74) is 1.34. The number of benzene rings is 1. The normalized spacial score (nSPS) is 14.5. The maximum Gasteiger partial charge on any atom is 0.262 e. The summed E-state index contributed by atoms with van der Waals surface area (Å²) in [7, 11) is 1.48. The van der Waals surface area contributed by atoms with E-state index in [9.17, 15) is 9.90 Å². The Hall–Kier alpha value is -2.97. The second kappa shape index (κ2) is 7.34. The lowest BCUT2D eigenvalue weighted by molar-refractivity contribution is 0.122. The van der Waals surface area contributed by atoms with Crippen LogP contribution in [0.3, 0.4) is 0 Å². The number of nitrogens with one attached hydrogen (secondary N) is 1. The molecule has 4 rings (SSSR count). The molecule has 0 radical (unpaired) electrons. The van der Waals surface area contributed by atoms with Crippen LogP contribution in [-0.4, -0.2) is 53.5 Å². The number of nitrogens with zero attached hydrogens (tertiary/aromatic N) is 3. The largest absolute Gasteiger partial charge is 0.496 e. The average Bonchev–Trinajstić information content (AvgIpc) is 2.73. The molecule has 0 bridgehead atoms. The second-order valence-electron chi connectivity index (χ2n) is 6.25. The van der Waals surface area contributed by atoms with Crippen molar-refractivity contribution >= 4 is 16.7 Å². The molecule has 0 saturated carbocycles. The topological polar surface area (TPSA) is 101 Å². The first-order chi connectivity index (χ1) is 13.2. The number of ether oxygens (including phenoxy) is 2. The van der Waals surface area contributed by atoms with Crippen molar-refractivity contribution in [3.05, 3.63) is 46.2 Å². The summed E-state index contributed by atoms with van der Waals surface area (Å²) in [6.45, 7) is 2.71. The van der Waals surface area contributed by atoms with E-state index in [4.69, 9.17) is 9.47 Å². The summed E-state index contributed by atoms with van der Waals surface area (Å²) >= 11 is 0. The Morgan fingerprint density at radius 1 is 1.26 bits per heavy atom. The van der Waals surface area contributed by atoms with Crippen LogP contribution in [0, 0.1) is 0 Å². The zero-order valence-corrected chi connectivity index (χ0v) is 14.9. The van der Waals surface area contributed by atoms with Crippen LogP contribution in [0.1, 0.15) is 5.56 Å². The van der Waals surface area contributed by atoms with Crippen molar-refractivity contribution in [1.82, 2.24) is 15.0 Å². The smallest absolute Gasteiger partial charge is 0.262 e. The Labute approximate surface area is 155 Å². The highest BCUT2D eigenvalue weighted by atomic mass is 16.5. The number of morpholine rings is 1. The number of fused-ring (bicyclic) bond motifs is 1. The van der Waals surface area contributed by atoms with Crippen LogP contribution < -0.4 is 15.2 Å². The van der Waals surface area contributed by atoms with Crippen LogP contribution in [-0.2, 0) is 11.3 Å². The van der Waals surface area contributed by atoms with E-state index in [0.29, 0.717) is 46.9 Å². The van der Waals surface area contributed by atoms with Crippen LogP contribution in [0.2, 0.25) is 0 Å². The molecule has 27 heavy (non-hydrogen) atoms. The van der Waals surface area contributed by atoms with E-state index >= 15 is 0 Å². The van der Waals surface area contributed by atoms with E-state index in [2.05, 4.69) is 19.9 Å². The summed E-state index contributed by atoms with van der Waals surface area (Å²) in [4.78, 5) is 26.8. The lowest BCUT2D eigenvalue weighted by atomic mass is 10.1. The van der Waals surface area contributed by atoms with Crippen LogP contribution in [0.15, 0.2) is 35.1 Å². The Morgan fingerprint density at radius 3 is 2.81 bits per heavy atom.